The topological polar surface area (TPSA) is 116 Å². The Bertz CT molecular complexity index is 788. The summed E-state index contributed by atoms with van der Waals surface area (Å²) >= 11 is 0. The van der Waals surface area contributed by atoms with E-state index in [-0.39, 0.29) is 29.4 Å². The summed E-state index contributed by atoms with van der Waals surface area (Å²) in [6.07, 6.45) is 0.410. The second-order valence-electron chi connectivity index (χ2n) is 6.62. The van der Waals surface area contributed by atoms with Crippen molar-refractivity contribution in [1.82, 2.24) is 20.0 Å². The fourth-order valence-corrected chi connectivity index (χ4v) is 3.15. The highest BCUT2D eigenvalue weighted by Crippen LogP contribution is 2.26. The summed E-state index contributed by atoms with van der Waals surface area (Å²) in [6.45, 7) is 3.46. The van der Waals surface area contributed by atoms with Crippen molar-refractivity contribution in [2.24, 2.45) is 0 Å². The van der Waals surface area contributed by atoms with Gasteiger partial charge in [-0.2, -0.15) is 0 Å². The number of hydrogen-bond donors (Lipinski definition) is 1. The second kappa shape index (κ2) is 7.70. The molecule has 3 rings (SSSR count). The van der Waals surface area contributed by atoms with Crippen molar-refractivity contribution < 1.29 is 19.3 Å². The first-order valence-corrected chi connectivity index (χ1v) is 8.74. The Morgan fingerprint density at radius 2 is 1.81 bits per heavy atom. The summed E-state index contributed by atoms with van der Waals surface area (Å²) in [6, 6.07) is 3.50. The van der Waals surface area contributed by atoms with E-state index in [9.17, 15) is 24.5 Å². The molecular formula is C17H21N5O5. The van der Waals surface area contributed by atoms with Crippen molar-refractivity contribution in [2.45, 2.75) is 6.42 Å². The predicted octanol–water partition coefficient (Wildman–Crippen LogP) is 0.538. The first kappa shape index (κ1) is 18.8. The first-order valence-electron chi connectivity index (χ1n) is 8.74. The number of piperazine rings is 1. The summed E-state index contributed by atoms with van der Waals surface area (Å²) < 4.78 is 0. The van der Waals surface area contributed by atoms with E-state index in [2.05, 4.69) is 10.2 Å². The molecule has 4 amide bonds. The molecule has 2 aliphatic rings. The molecule has 10 nitrogen and oxygen atoms in total. The Labute approximate surface area is 155 Å². The van der Waals surface area contributed by atoms with Crippen LogP contribution in [0.15, 0.2) is 18.2 Å². The van der Waals surface area contributed by atoms with Gasteiger partial charge in [0.25, 0.3) is 17.5 Å². The van der Waals surface area contributed by atoms with E-state index in [1.807, 2.05) is 7.05 Å². The molecule has 0 spiro atoms. The molecule has 0 aliphatic carbocycles. The van der Waals surface area contributed by atoms with E-state index >= 15 is 0 Å². The van der Waals surface area contributed by atoms with Crippen LogP contribution in [0, 0.1) is 10.1 Å². The van der Waals surface area contributed by atoms with Gasteiger partial charge in [0.05, 0.1) is 16.1 Å². The van der Waals surface area contributed by atoms with Gasteiger partial charge in [0, 0.05) is 51.4 Å². The molecule has 1 aromatic rings. The fourth-order valence-electron chi connectivity index (χ4n) is 3.15. The number of non-ortho nitro benzene ring substituents is 1. The maximum absolute atomic E-state index is 12.4. The minimum Gasteiger partial charge on any atom is -0.338 e. The lowest BCUT2D eigenvalue weighted by Crippen LogP contribution is -2.50. The van der Waals surface area contributed by atoms with Crippen LogP contribution in [0.1, 0.15) is 27.1 Å². The number of benzene rings is 1. The van der Waals surface area contributed by atoms with E-state index in [0.717, 1.165) is 24.1 Å². The third-order valence-corrected chi connectivity index (χ3v) is 4.79. The smallest absolute Gasteiger partial charge is 0.317 e. The molecule has 0 saturated carbocycles. The van der Waals surface area contributed by atoms with Crippen LogP contribution in [-0.4, -0.2) is 83.8 Å². The van der Waals surface area contributed by atoms with Gasteiger partial charge in [0.15, 0.2) is 0 Å². The molecule has 0 atom stereocenters. The summed E-state index contributed by atoms with van der Waals surface area (Å²) in [5.74, 6) is -1.00. The van der Waals surface area contributed by atoms with Gasteiger partial charge < -0.3 is 15.1 Å². The van der Waals surface area contributed by atoms with E-state index < -0.39 is 16.7 Å². The van der Waals surface area contributed by atoms with Crippen molar-refractivity contribution in [3.63, 3.8) is 0 Å². The Morgan fingerprint density at radius 3 is 2.48 bits per heavy atom. The van der Waals surface area contributed by atoms with Gasteiger partial charge in [-0.3, -0.25) is 24.6 Å². The number of imide groups is 1. The zero-order chi connectivity index (χ0) is 19.6. The van der Waals surface area contributed by atoms with Crippen LogP contribution in [-0.2, 0) is 0 Å². The van der Waals surface area contributed by atoms with Gasteiger partial charge in [-0.05, 0) is 19.5 Å². The van der Waals surface area contributed by atoms with Crippen molar-refractivity contribution in [3.8, 4) is 0 Å². The highest BCUT2D eigenvalue weighted by Gasteiger charge is 2.36. The number of carbonyl (C=O) groups is 3. The van der Waals surface area contributed by atoms with Crippen molar-refractivity contribution in [2.75, 3.05) is 46.3 Å². The highest BCUT2D eigenvalue weighted by atomic mass is 16.6. The molecule has 1 fully saturated rings. The van der Waals surface area contributed by atoms with Crippen molar-refractivity contribution in [1.29, 1.82) is 0 Å². The van der Waals surface area contributed by atoms with E-state index in [4.69, 9.17) is 0 Å². The van der Waals surface area contributed by atoms with Crippen LogP contribution in [0.2, 0.25) is 0 Å². The molecule has 144 valence electrons. The molecule has 1 saturated heterocycles. The van der Waals surface area contributed by atoms with E-state index in [0.29, 0.717) is 26.1 Å². The summed E-state index contributed by atoms with van der Waals surface area (Å²) in [7, 11) is 2.01. The van der Waals surface area contributed by atoms with Crippen molar-refractivity contribution in [3.05, 3.63) is 39.4 Å². The molecule has 10 heteroatoms. The number of rotatable bonds is 5. The molecule has 0 radical (unpaired) electrons. The fraction of sp³-hybridized carbons (Fsp3) is 0.471. The third kappa shape index (κ3) is 3.90. The zero-order valence-corrected chi connectivity index (χ0v) is 15.0. The van der Waals surface area contributed by atoms with Crippen LogP contribution < -0.4 is 5.32 Å². The maximum Gasteiger partial charge on any atom is 0.317 e. The Morgan fingerprint density at radius 1 is 1.15 bits per heavy atom. The molecule has 2 aliphatic heterocycles. The van der Waals surface area contributed by atoms with Gasteiger partial charge in [0.2, 0.25) is 0 Å². The molecule has 2 heterocycles. The number of amides is 4. The second-order valence-corrected chi connectivity index (χ2v) is 6.62. The van der Waals surface area contributed by atoms with Crippen molar-refractivity contribution >= 4 is 23.5 Å². The SMILES string of the molecule is CN1CCN(C(=O)NCCCN2C(=O)c3ccc([N+](=O)[O-])cc3C2=O)CC1. The van der Waals surface area contributed by atoms with Gasteiger partial charge in [-0.25, -0.2) is 4.79 Å². The minimum absolute atomic E-state index is 0.0515. The number of fused-ring (bicyclic) bond motifs is 1. The average molecular weight is 375 g/mol. The molecule has 27 heavy (non-hydrogen) atoms. The minimum atomic E-state index is -0.603. The molecule has 0 aromatic heterocycles. The number of nitro groups is 1. The summed E-state index contributed by atoms with van der Waals surface area (Å²) in [5, 5.41) is 13.6. The molecular weight excluding hydrogens is 354 g/mol. The maximum atomic E-state index is 12.4. The Hall–Kier alpha value is -3.01. The number of nitrogens with one attached hydrogen (secondary N) is 1. The zero-order valence-electron chi connectivity index (χ0n) is 15.0. The number of likely N-dealkylation sites (N-methyl/N-ethyl adjacent to an activating group) is 1. The summed E-state index contributed by atoms with van der Waals surface area (Å²) in [5.41, 5.74) is -0.000987. The normalized spacial score (nSPS) is 17.2. The standard InChI is InChI=1S/C17H21N5O5/c1-19-7-9-20(10-8-19)17(25)18-5-2-6-21-15(23)13-4-3-12(22(26)27)11-14(13)16(21)24/h3-4,11H,2,5-10H2,1H3,(H,18,25). The number of carbonyl (C=O) groups excluding carboxylic acids is 3. The summed E-state index contributed by atoms with van der Waals surface area (Å²) in [4.78, 5) is 52.0. The average Bonchev–Trinajstić information content (AvgIpc) is 2.89. The Kier molecular flexibility index (Phi) is 5.36. The monoisotopic (exact) mass is 375 g/mol. The van der Waals surface area contributed by atoms with Gasteiger partial charge in [-0.15, -0.1) is 0 Å². The molecule has 1 N–H and O–H groups in total. The number of nitro benzene ring substituents is 1. The van der Waals surface area contributed by atoms with Gasteiger partial charge >= 0.3 is 6.03 Å². The number of urea groups is 1. The van der Waals surface area contributed by atoms with Crippen LogP contribution in [0.25, 0.3) is 0 Å². The quantitative estimate of drug-likeness (QED) is 0.347. The van der Waals surface area contributed by atoms with Gasteiger partial charge in [0.1, 0.15) is 0 Å². The Balaban J connectivity index is 1.50. The van der Waals surface area contributed by atoms with Crippen LogP contribution in [0.3, 0.4) is 0 Å². The first-order chi connectivity index (χ1) is 12.9. The predicted molar refractivity (Wildman–Crippen MR) is 95.5 cm³/mol. The number of nitrogens with zero attached hydrogens (tertiary/aromatic N) is 4. The van der Waals surface area contributed by atoms with Crippen LogP contribution >= 0.6 is 0 Å². The lowest BCUT2D eigenvalue weighted by Gasteiger charge is -2.32. The van der Waals surface area contributed by atoms with Crippen LogP contribution in [0.4, 0.5) is 10.5 Å². The third-order valence-electron chi connectivity index (χ3n) is 4.79. The highest BCUT2D eigenvalue weighted by molar-refractivity contribution is 6.21. The largest absolute Gasteiger partial charge is 0.338 e. The lowest BCUT2D eigenvalue weighted by atomic mass is 10.1. The van der Waals surface area contributed by atoms with Gasteiger partial charge in [-0.1, -0.05) is 0 Å². The van der Waals surface area contributed by atoms with E-state index in [1.54, 1.807) is 4.90 Å². The number of hydrogen-bond acceptors (Lipinski definition) is 6. The molecule has 1 aromatic carbocycles. The van der Waals surface area contributed by atoms with Crippen LogP contribution in [0.5, 0.6) is 0 Å². The van der Waals surface area contributed by atoms with E-state index in [1.165, 1.54) is 12.1 Å². The molecule has 0 bridgehead atoms. The molecule has 0 unspecified atom stereocenters. The lowest BCUT2D eigenvalue weighted by molar-refractivity contribution is -0.384.